The molecule has 1 aliphatic rings. The average molecular weight is 321 g/mol. The number of carbonyl (C=O) groups excluding carboxylic acids is 1. The Kier molecular flexibility index (Phi) is 7.00. The first-order valence-corrected chi connectivity index (χ1v) is 7.42. The Balaban J connectivity index is 0.00000180. The van der Waals surface area contributed by atoms with Gasteiger partial charge in [0.15, 0.2) is 0 Å². The summed E-state index contributed by atoms with van der Waals surface area (Å²) in [4.78, 5) is 12.7. The molecule has 1 aromatic rings. The summed E-state index contributed by atoms with van der Waals surface area (Å²) in [6.07, 6.45) is 2.41. The normalized spacial score (nSPS) is 15.5. The predicted molar refractivity (Wildman–Crippen MR) is 83.1 cm³/mol. The minimum atomic E-state index is 0. The van der Waals surface area contributed by atoms with Crippen LogP contribution in [-0.2, 0) is 4.79 Å². The van der Waals surface area contributed by atoms with Crippen molar-refractivity contribution < 1.29 is 4.79 Å². The van der Waals surface area contributed by atoms with Crippen LogP contribution < -0.4 is 11.1 Å². The molecule has 106 valence electrons. The lowest BCUT2D eigenvalue weighted by molar-refractivity contribution is -0.118. The highest BCUT2D eigenvalue weighted by atomic mass is 35.5. The molecule has 0 spiro atoms. The van der Waals surface area contributed by atoms with Gasteiger partial charge in [-0.2, -0.15) is 0 Å². The molecule has 1 aliphatic carbocycles. The summed E-state index contributed by atoms with van der Waals surface area (Å²) in [5.41, 5.74) is 5.92. The van der Waals surface area contributed by atoms with Crippen LogP contribution in [0.2, 0.25) is 5.02 Å². The van der Waals surface area contributed by atoms with E-state index in [1.165, 1.54) is 24.6 Å². The zero-order valence-electron chi connectivity index (χ0n) is 10.5. The monoisotopic (exact) mass is 320 g/mol. The molecule has 19 heavy (non-hydrogen) atoms. The highest BCUT2D eigenvalue weighted by Gasteiger charge is 2.28. The number of nitrogens with two attached hydrogens (primary N) is 1. The van der Waals surface area contributed by atoms with Crippen molar-refractivity contribution in [3.05, 3.63) is 29.3 Å². The van der Waals surface area contributed by atoms with Crippen molar-refractivity contribution in [1.82, 2.24) is 5.32 Å². The van der Waals surface area contributed by atoms with E-state index >= 15 is 0 Å². The molecule has 1 amide bonds. The van der Waals surface area contributed by atoms with Crippen LogP contribution >= 0.6 is 35.8 Å². The van der Waals surface area contributed by atoms with Gasteiger partial charge in [0.05, 0.1) is 5.75 Å². The maximum absolute atomic E-state index is 11.6. The van der Waals surface area contributed by atoms with Crippen LogP contribution in [0.4, 0.5) is 0 Å². The van der Waals surface area contributed by atoms with Crippen LogP contribution in [0.3, 0.4) is 0 Å². The number of hydrogen-bond acceptors (Lipinski definition) is 3. The molecule has 6 heteroatoms. The molecule has 3 nitrogen and oxygen atoms in total. The Hall–Kier alpha value is -0.420. The molecule has 1 saturated carbocycles. The third-order valence-corrected chi connectivity index (χ3v) is 4.21. The molecule has 2 rings (SSSR count). The maximum atomic E-state index is 11.6. The summed E-state index contributed by atoms with van der Waals surface area (Å²) in [6, 6.07) is 7.59. The lowest BCUT2D eigenvalue weighted by Gasteiger charge is -2.11. The highest BCUT2D eigenvalue weighted by molar-refractivity contribution is 8.00. The van der Waals surface area contributed by atoms with Crippen LogP contribution in [-0.4, -0.2) is 24.2 Å². The molecular formula is C13H18Cl2N2OS. The predicted octanol–water partition coefficient (Wildman–Crippen LogP) is 2.71. The van der Waals surface area contributed by atoms with E-state index in [4.69, 9.17) is 17.3 Å². The smallest absolute Gasteiger partial charge is 0.230 e. The average Bonchev–Trinajstić information content (AvgIpc) is 3.19. The van der Waals surface area contributed by atoms with Gasteiger partial charge in [0.1, 0.15) is 0 Å². The lowest BCUT2D eigenvalue weighted by Crippen LogP contribution is -2.39. The molecule has 0 heterocycles. The minimum Gasteiger partial charge on any atom is -0.354 e. The first kappa shape index (κ1) is 16.6. The largest absolute Gasteiger partial charge is 0.354 e. The van der Waals surface area contributed by atoms with Gasteiger partial charge in [0, 0.05) is 22.5 Å². The number of thioether (sulfide) groups is 1. The molecule has 1 unspecified atom stereocenters. The number of rotatable bonds is 6. The summed E-state index contributed by atoms with van der Waals surface area (Å²) in [5.74, 6) is 1.07. The number of carbonyl (C=O) groups is 1. The van der Waals surface area contributed by atoms with E-state index in [0.29, 0.717) is 23.2 Å². The minimum absolute atomic E-state index is 0. The number of amides is 1. The van der Waals surface area contributed by atoms with Crippen LogP contribution in [0.5, 0.6) is 0 Å². The first-order chi connectivity index (χ1) is 8.65. The van der Waals surface area contributed by atoms with E-state index < -0.39 is 0 Å². The van der Waals surface area contributed by atoms with Crippen LogP contribution in [0.1, 0.15) is 12.8 Å². The van der Waals surface area contributed by atoms with E-state index in [1.807, 2.05) is 24.3 Å². The van der Waals surface area contributed by atoms with Crippen molar-refractivity contribution in [3.63, 3.8) is 0 Å². The summed E-state index contributed by atoms with van der Waals surface area (Å²) in [6.45, 7) is 0.588. The van der Waals surface area contributed by atoms with E-state index in [0.717, 1.165) is 4.90 Å². The first-order valence-electron chi connectivity index (χ1n) is 6.06. The Morgan fingerprint density at radius 2 is 2.05 bits per heavy atom. The van der Waals surface area contributed by atoms with Crippen molar-refractivity contribution in [1.29, 1.82) is 0 Å². The molecule has 0 aromatic heterocycles. The second kappa shape index (κ2) is 8.00. The number of nitrogens with one attached hydrogen (secondary N) is 1. The maximum Gasteiger partial charge on any atom is 0.230 e. The fourth-order valence-electron chi connectivity index (χ4n) is 1.65. The molecule has 1 atom stereocenters. The van der Waals surface area contributed by atoms with Gasteiger partial charge >= 0.3 is 0 Å². The third-order valence-electron chi connectivity index (χ3n) is 2.95. The van der Waals surface area contributed by atoms with Crippen molar-refractivity contribution in [2.75, 3.05) is 12.3 Å². The second-order valence-corrected chi connectivity index (χ2v) is 6.03. The van der Waals surface area contributed by atoms with Gasteiger partial charge in [-0.1, -0.05) is 11.6 Å². The van der Waals surface area contributed by atoms with Crippen molar-refractivity contribution in [3.8, 4) is 0 Å². The zero-order chi connectivity index (χ0) is 13.0. The van der Waals surface area contributed by atoms with E-state index in [2.05, 4.69) is 5.32 Å². The summed E-state index contributed by atoms with van der Waals surface area (Å²) in [5, 5.41) is 3.58. The fraction of sp³-hybridized carbons (Fsp3) is 0.462. The van der Waals surface area contributed by atoms with E-state index in [-0.39, 0.29) is 24.4 Å². The Labute approximate surface area is 129 Å². The Bertz CT molecular complexity index is 410. The molecule has 3 N–H and O–H groups in total. The van der Waals surface area contributed by atoms with Gasteiger partial charge in [-0.15, -0.1) is 24.2 Å². The van der Waals surface area contributed by atoms with Gasteiger partial charge in [-0.05, 0) is 43.0 Å². The van der Waals surface area contributed by atoms with Gasteiger partial charge in [0.2, 0.25) is 5.91 Å². The van der Waals surface area contributed by atoms with E-state index in [1.54, 1.807) is 0 Å². The van der Waals surface area contributed by atoms with E-state index in [9.17, 15) is 4.79 Å². The Morgan fingerprint density at radius 3 is 2.63 bits per heavy atom. The summed E-state index contributed by atoms with van der Waals surface area (Å²) in [7, 11) is 0. The summed E-state index contributed by atoms with van der Waals surface area (Å²) < 4.78 is 0. The topological polar surface area (TPSA) is 55.1 Å². The van der Waals surface area contributed by atoms with Gasteiger partial charge in [-0.25, -0.2) is 0 Å². The van der Waals surface area contributed by atoms with Gasteiger partial charge in [-0.3, -0.25) is 4.79 Å². The van der Waals surface area contributed by atoms with Crippen LogP contribution in [0.25, 0.3) is 0 Å². The van der Waals surface area contributed by atoms with Gasteiger partial charge in [0.25, 0.3) is 0 Å². The number of hydrogen-bond donors (Lipinski definition) is 2. The van der Waals surface area contributed by atoms with Crippen LogP contribution in [0, 0.1) is 5.92 Å². The molecule has 1 fully saturated rings. The fourth-order valence-corrected chi connectivity index (χ4v) is 2.51. The quantitative estimate of drug-likeness (QED) is 0.792. The molecule has 0 bridgehead atoms. The molecular weight excluding hydrogens is 303 g/mol. The molecule has 1 aromatic carbocycles. The zero-order valence-corrected chi connectivity index (χ0v) is 12.9. The molecule has 0 radical (unpaired) electrons. The lowest BCUT2D eigenvalue weighted by atomic mass is 10.2. The second-order valence-electron chi connectivity index (χ2n) is 4.55. The van der Waals surface area contributed by atoms with Crippen LogP contribution in [0.15, 0.2) is 29.2 Å². The number of halogens is 2. The Morgan fingerprint density at radius 1 is 1.42 bits per heavy atom. The molecule has 0 aliphatic heterocycles. The SMILES string of the molecule is Cl.NC(CNC(=O)CSc1ccc(Cl)cc1)C1CC1. The standard InChI is InChI=1S/C13H17ClN2OS.ClH/c14-10-3-5-11(6-4-10)18-8-13(17)16-7-12(15)9-1-2-9;/h3-6,9,12H,1-2,7-8,15H2,(H,16,17);1H. The van der Waals surface area contributed by atoms with Crippen molar-refractivity contribution in [2.45, 2.75) is 23.8 Å². The molecule has 0 saturated heterocycles. The number of benzene rings is 1. The summed E-state index contributed by atoms with van der Waals surface area (Å²) >= 11 is 7.29. The van der Waals surface area contributed by atoms with Crippen molar-refractivity contribution in [2.24, 2.45) is 11.7 Å². The highest BCUT2D eigenvalue weighted by Crippen LogP contribution is 2.31. The van der Waals surface area contributed by atoms with Gasteiger partial charge < -0.3 is 11.1 Å². The van der Waals surface area contributed by atoms with Crippen molar-refractivity contribution >= 4 is 41.7 Å². The third kappa shape index (κ3) is 6.04.